The van der Waals surface area contributed by atoms with Crippen molar-refractivity contribution < 1.29 is 9.84 Å². The first kappa shape index (κ1) is 9.33. The fourth-order valence-corrected chi connectivity index (χ4v) is 1.13. The quantitative estimate of drug-likeness (QED) is 0.811. The Morgan fingerprint density at radius 2 is 1.93 bits per heavy atom. The summed E-state index contributed by atoms with van der Waals surface area (Å²) in [5.74, 6) is 0.284. The van der Waals surface area contributed by atoms with Crippen LogP contribution in [-0.4, -0.2) is 4.98 Å². The topological polar surface area (TPSA) is 68.0 Å². The Bertz CT molecular complexity index is 428. The van der Waals surface area contributed by atoms with Gasteiger partial charge in [-0.1, -0.05) is 12.1 Å². The van der Waals surface area contributed by atoms with Crippen LogP contribution in [0.1, 0.15) is 0 Å². The molecule has 1 radical (unpaired) electrons. The van der Waals surface area contributed by atoms with Crippen LogP contribution in [-0.2, 0) is 5.11 Å². The summed E-state index contributed by atoms with van der Waals surface area (Å²) in [6.45, 7) is 0. The van der Waals surface area contributed by atoms with E-state index < -0.39 is 0 Å². The van der Waals surface area contributed by atoms with Gasteiger partial charge in [0.15, 0.2) is 5.75 Å². The summed E-state index contributed by atoms with van der Waals surface area (Å²) in [4.78, 5) is 3.93. The average Bonchev–Trinajstić information content (AvgIpc) is 2.24. The fourth-order valence-electron chi connectivity index (χ4n) is 1.13. The van der Waals surface area contributed by atoms with E-state index in [2.05, 4.69) is 4.98 Å². The SMILES string of the molecule is Nc1cccnc1Oc1ccccc1[O]. The van der Waals surface area contributed by atoms with Crippen molar-refractivity contribution >= 4 is 5.69 Å². The van der Waals surface area contributed by atoms with Gasteiger partial charge >= 0.3 is 0 Å². The van der Waals surface area contributed by atoms with E-state index in [1.54, 1.807) is 36.5 Å². The van der Waals surface area contributed by atoms with Crippen LogP contribution in [0, 0.1) is 0 Å². The van der Waals surface area contributed by atoms with Crippen molar-refractivity contribution in [2.75, 3.05) is 5.73 Å². The summed E-state index contributed by atoms with van der Waals surface area (Å²) in [6.07, 6.45) is 1.55. The number of nitrogens with zero attached hydrogens (tertiary/aromatic N) is 1. The third-order valence-electron chi connectivity index (χ3n) is 1.86. The van der Waals surface area contributed by atoms with Gasteiger partial charge in [0.1, 0.15) is 0 Å². The number of benzene rings is 1. The highest BCUT2D eigenvalue weighted by molar-refractivity contribution is 5.50. The van der Waals surface area contributed by atoms with E-state index >= 15 is 0 Å². The van der Waals surface area contributed by atoms with Gasteiger partial charge in [-0.05, 0) is 24.3 Å². The Kier molecular flexibility index (Phi) is 2.41. The Labute approximate surface area is 87.0 Å². The van der Waals surface area contributed by atoms with E-state index in [0.717, 1.165) is 0 Å². The van der Waals surface area contributed by atoms with E-state index in [1.807, 2.05) is 0 Å². The number of aromatic nitrogens is 1. The van der Waals surface area contributed by atoms with Gasteiger partial charge in [-0.2, -0.15) is 0 Å². The Morgan fingerprint density at radius 3 is 2.67 bits per heavy atom. The van der Waals surface area contributed by atoms with Gasteiger partial charge < -0.3 is 10.5 Å². The van der Waals surface area contributed by atoms with Crippen LogP contribution in [0.4, 0.5) is 5.69 Å². The van der Waals surface area contributed by atoms with Crippen LogP contribution in [0.5, 0.6) is 17.4 Å². The third-order valence-corrected chi connectivity index (χ3v) is 1.86. The number of anilines is 1. The summed E-state index contributed by atoms with van der Waals surface area (Å²) in [7, 11) is 0. The number of para-hydroxylation sites is 2. The third kappa shape index (κ3) is 1.99. The zero-order valence-electron chi connectivity index (χ0n) is 7.88. The van der Waals surface area contributed by atoms with Crippen molar-refractivity contribution in [3.8, 4) is 17.4 Å². The molecule has 0 atom stereocenters. The minimum atomic E-state index is -0.192. The molecule has 4 nitrogen and oxygen atoms in total. The monoisotopic (exact) mass is 201 g/mol. The van der Waals surface area contributed by atoms with Crippen molar-refractivity contribution in [3.63, 3.8) is 0 Å². The molecule has 1 aromatic carbocycles. The van der Waals surface area contributed by atoms with Gasteiger partial charge in [0, 0.05) is 6.20 Å². The predicted octanol–water partition coefficient (Wildman–Crippen LogP) is 2.60. The maximum atomic E-state index is 11.3. The molecule has 0 amide bonds. The molecule has 75 valence electrons. The van der Waals surface area contributed by atoms with Gasteiger partial charge in [-0.3, -0.25) is 5.11 Å². The Morgan fingerprint density at radius 1 is 1.13 bits per heavy atom. The minimum Gasteiger partial charge on any atom is -0.433 e. The molecular weight excluding hydrogens is 192 g/mol. The first-order valence-electron chi connectivity index (χ1n) is 4.42. The zero-order valence-corrected chi connectivity index (χ0v) is 7.88. The number of pyridine rings is 1. The van der Waals surface area contributed by atoms with Gasteiger partial charge in [0.2, 0.25) is 11.6 Å². The molecule has 1 aromatic heterocycles. The van der Waals surface area contributed by atoms with Gasteiger partial charge in [-0.15, -0.1) is 0 Å². The molecule has 0 unspecified atom stereocenters. The van der Waals surface area contributed by atoms with Crippen LogP contribution < -0.4 is 10.5 Å². The lowest BCUT2D eigenvalue weighted by Gasteiger charge is -2.06. The second-order valence-electron chi connectivity index (χ2n) is 2.95. The maximum absolute atomic E-state index is 11.3. The lowest BCUT2D eigenvalue weighted by Crippen LogP contribution is -1.93. The number of hydrogen-bond acceptors (Lipinski definition) is 3. The zero-order chi connectivity index (χ0) is 10.7. The van der Waals surface area contributed by atoms with Crippen LogP contribution in [0.25, 0.3) is 0 Å². The van der Waals surface area contributed by atoms with Gasteiger partial charge in [0.05, 0.1) is 5.69 Å². The highest BCUT2D eigenvalue weighted by atomic mass is 16.5. The lowest BCUT2D eigenvalue weighted by atomic mass is 10.3. The van der Waals surface area contributed by atoms with Crippen LogP contribution in [0.3, 0.4) is 0 Å². The molecule has 15 heavy (non-hydrogen) atoms. The molecule has 0 spiro atoms. The molecule has 0 saturated heterocycles. The normalized spacial score (nSPS) is 9.87. The number of nitrogens with two attached hydrogens (primary N) is 1. The maximum Gasteiger partial charge on any atom is 0.242 e. The predicted molar refractivity (Wildman–Crippen MR) is 55.3 cm³/mol. The molecule has 2 N–H and O–H groups in total. The largest absolute Gasteiger partial charge is 0.433 e. The van der Waals surface area contributed by atoms with Crippen molar-refractivity contribution in [2.45, 2.75) is 0 Å². The second kappa shape index (κ2) is 3.88. The summed E-state index contributed by atoms with van der Waals surface area (Å²) in [5.41, 5.74) is 6.03. The van der Waals surface area contributed by atoms with E-state index in [-0.39, 0.29) is 17.4 Å². The van der Waals surface area contributed by atoms with Crippen LogP contribution in [0.2, 0.25) is 0 Å². The molecule has 4 heteroatoms. The van der Waals surface area contributed by atoms with E-state index in [1.165, 1.54) is 6.07 Å². The van der Waals surface area contributed by atoms with Crippen molar-refractivity contribution in [1.82, 2.24) is 4.98 Å². The van der Waals surface area contributed by atoms with Crippen molar-refractivity contribution in [2.24, 2.45) is 0 Å². The second-order valence-corrected chi connectivity index (χ2v) is 2.95. The molecule has 0 aliphatic heterocycles. The molecule has 1 heterocycles. The molecule has 0 saturated carbocycles. The van der Waals surface area contributed by atoms with Gasteiger partial charge in [-0.25, -0.2) is 4.98 Å². The smallest absolute Gasteiger partial charge is 0.242 e. The van der Waals surface area contributed by atoms with Crippen molar-refractivity contribution in [1.29, 1.82) is 0 Å². The molecule has 2 aromatic rings. The molecule has 2 rings (SSSR count). The fraction of sp³-hybridized carbons (Fsp3) is 0. The van der Waals surface area contributed by atoms with E-state index in [0.29, 0.717) is 5.69 Å². The van der Waals surface area contributed by atoms with Crippen LogP contribution >= 0.6 is 0 Å². The lowest BCUT2D eigenvalue weighted by molar-refractivity contribution is 0.327. The number of nitrogen functional groups attached to an aromatic ring is 1. The van der Waals surface area contributed by atoms with Crippen molar-refractivity contribution in [3.05, 3.63) is 42.6 Å². The van der Waals surface area contributed by atoms with Gasteiger partial charge in [0.25, 0.3) is 0 Å². The van der Waals surface area contributed by atoms with Crippen LogP contribution in [0.15, 0.2) is 42.6 Å². The highest BCUT2D eigenvalue weighted by Gasteiger charge is 2.06. The minimum absolute atomic E-state index is 0.192. The highest BCUT2D eigenvalue weighted by Crippen LogP contribution is 2.31. The van der Waals surface area contributed by atoms with E-state index in [9.17, 15) is 5.11 Å². The molecule has 0 bridgehead atoms. The average molecular weight is 201 g/mol. The molecule has 0 fully saturated rings. The summed E-state index contributed by atoms with van der Waals surface area (Å²) in [5, 5.41) is 11.3. The first-order chi connectivity index (χ1) is 7.27. The molecular formula is C11H9N2O2. The summed E-state index contributed by atoms with van der Waals surface area (Å²) in [6, 6.07) is 9.73. The summed E-state index contributed by atoms with van der Waals surface area (Å²) < 4.78 is 5.29. The molecule has 0 aliphatic rings. The molecule has 0 aliphatic carbocycles. The first-order valence-corrected chi connectivity index (χ1v) is 4.42. The summed E-state index contributed by atoms with van der Waals surface area (Å²) >= 11 is 0. The number of hydrogen-bond donors (Lipinski definition) is 1. The Balaban J connectivity index is 2.30. The van der Waals surface area contributed by atoms with E-state index in [4.69, 9.17) is 10.5 Å². The number of ether oxygens (including phenoxy) is 1. The standard InChI is InChI=1S/C11H9N2O2/c12-8-4-3-7-13-11(8)15-10-6-2-1-5-9(10)14/h1-7H,12H2. The Hall–Kier alpha value is -2.23. The number of rotatable bonds is 2.